The highest BCUT2D eigenvalue weighted by Gasteiger charge is 2.18. The average Bonchev–Trinajstić information content (AvgIpc) is 3.24. The maximum atomic E-state index is 13.7. The van der Waals surface area contributed by atoms with Gasteiger partial charge >= 0.3 is 0 Å². The number of thiophene rings is 1. The highest BCUT2D eigenvalue weighted by Crippen LogP contribution is 2.33. The first-order chi connectivity index (χ1) is 15.2. The second kappa shape index (κ2) is 8.49. The molecule has 31 heavy (non-hydrogen) atoms. The fourth-order valence-electron chi connectivity index (χ4n) is 3.43. The van der Waals surface area contributed by atoms with Crippen LogP contribution in [0.4, 0.5) is 4.39 Å². The van der Waals surface area contributed by atoms with Gasteiger partial charge in [0.25, 0.3) is 5.56 Å². The van der Waals surface area contributed by atoms with Crippen molar-refractivity contribution in [1.82, 2.24) is 9.55 Å². The summed E-state index contributed by atoms with van der Waals surface area (Å²) in [5.41, 5.74) is 3.56. The maximum Gasteiger partial charge on any atom is 0.268 e. The predicted molar refractivity (Wildman–Crippen MR) is 127 cm³/mol. The molecule has 0 saturated heterocycles. The van der Waals surface area contributed by atoms with Crippen LogP contribution in [0.1, 0.15) is 5.56 Å². The minimum absolute atomic E-state index is 0.0853. The van der Waals surface area contributed by atoms with Crippen LogP contribution in [-0.4, -0.2) is 9.55 Å². The predicted octanol–water partition coefficient (Wildman–Crippen LogP) is 6.55. The van der Waals surface area contributed by atoms with Gasteiger partial charge in [0.1, 0.15) is 10.6 Å². The third-order valence-electron chi connectivity index (χ3n) is 4.96. The first-order valence-electron chi connectivity index (χ1n) is 9.73. The zero-order chi connectivity index (χ0) is 21.2. The van der Waals surface area contributed by atoms with E-state index in [1.807, 2.05) is 66.0 Å². The molecule has 5 rings (SSSR count). The van der Waals surface area contributed by atoms with Gasteiger partial charge in [-0.05, 0) is 35.4 Å². The van der Waals surface area contributed by atoms with Crippen LogP contribution in [-0.2, 0) is 5.75 Å². The normalized spacial score (nSPS) is 11.1. The molecule has 5 aromatic rings. The van der Waals surface area contributed by atoms with Gasteiger partial charge in [0.15, 0.2) is 5.16 Å². The number of thioether (sulfide) groups is 1. The first kappa shape index (κ1) is 19.7. The van der Waals surface area contributed by atoms with Crippen LogP contribution in [0.15, 0.2) is 100 Å². The molecule has 0 aliphatic heterocycles. The van der Waals surface area contributed by atoms with E-state index < -0.39 is 0 Å². The summed E-state index contributed by atoms with van der Waals surface area (Å²) in [5.74, 6) is 0.323. The van der Waals surface area contributed by atoms with Gasteiger partial charge in [0.2, 0.25) is 0 Å². The molecule has 0 amide bonds. The third kappa shape index (κ3) is 3.92. The van der Waals surface area contributed by atoms with E-state index in [2.05, 4.69) is 0 Å². The number of benzene rings is 3. The number of aromatic nitrogens is 2. The van der Waals surface area contributed by atoms with Crippen molar-refractivity contribution in [3.05, 3.63) is 112 Å². The van der Waals surface area contributed by atoms with Crippen molar-refractivity contribution in [3.8, 4) is 16.8 Å². The Kier molecular flexibility index (Phi) is 5.40. The summed E-state index contributed by atoms with van der Waals surface area (Å²) in [5, 5.41) is 3.25. The number of nitrogens with zero attached hydrogens (tertiary/aromatic N) is 2. The first-order valence-corrected chi connectivity index (χ1v) is 11.6. The molecule has 0 spiro atoms. The van der Waals surface area contributed by atoms with Gasteiger partial charge in [-0.2, -0.15) is 0 Å². The van der Waals surface area contributed by atoms with E-state index in [0.717, 1.165) is 27.2 Å². The SMILES string of the molecule is O=c1c2c(-c3ccccc3)csc2nc(SCc2ccc(F)cc2)n1-c1ccccc1. The van der Waals surface area contributed by atoms with Gasteiger partial charge in [-0.25, -0.2) is 9.37 Å². The molecule has 0 saturated carbocycles. The molecule has 0 N–H and O–H groups in total. The lowest BCUT2D eigenvalue weighted by Crippen LogP contribution is -2.21. The number of rotatable bonds is 5. The standard InChI is InChI=1S/C25H17FN2OS2/c26-19-13-11-17(12-14-19)15-31-25-27-23-22(21(16-30-23)18-7-3-1-4-8-18)24(29)28(25)20-9-5-2-6-10-20/h1-14,16H,15H2. The van der Waals surface area contributed by atoms with Crippen LogP contribution in [0.3, 0.4) is 0 Å². The maximum absolute atomic E-state index is 13.7. The highest BCUT2D eigenvalue weighted by atomic mass is 32.2. The molecule has 0 aliphatic carbocycles. The van der Waals surface area contributed by atoms with Gasteiger partial charge < -0.3 is 0 Å². The quantitative estimate of drug-likeness (QED) is 0.228. The molecule has 3 aromatic carbocycles. The average molecular weight is 445 g/mol. The number of halogens is 1. The third-order valence-corrected chi connectivity index (χ3v) is 6.84. The van der Waals surface area contributed by atoms with E-state index in [0.29, 0.717) is 16.3 Å². The summed E-state index contributed by atoms with van der Waals surface area (Å²) < 4.78 is 14.9. The molecule has 6 heteroatoms. The Morgan fingerprint density at radius 3 is 2.29 bits per heavy atom. The van der Waals surface area contributed by atoms with Crippen LogP contribution < -0.4 is 5.56 Å². The van der Waals surface area contributed by atoms with Gasteiger partial charge in [0, 0.05) is 16.7 Å². The second-order valence-electron chi connectivity index (χ2n) is 6.98. The number of hydrogen-bond acceptors (Lipinski definition) is 4. The van der Waals surface area contributed by atoms with E-state index in [1.54, 1.807) is 16.7 Å². The Labute approximate surface area is 186 Å². The summed E-state index contributed by atoms with van der Waals surface area (Å²) in [6, 6.07) is 25.9. The van der Waals surface area contributed by atoms with Crippen molar-refractivity contribution in [1.29, 1.82) is 0 Å². The number of fused-ring (bicyclic) bond motifs is 1. The molecule has 2 heterocycles. The van der Waals surface area contributed by atoms with Crippen LogP contribution in [0.25, 0.3) is 27.0 Å². The molecule has 0 fully saturated rings. The molecule has 0 atom stereocenters. The lowest BCUT2D eigenvalue weighted by Gasteiger charge is -2.12. The van der Waals surface area contributed by atoms with Gasteiger partial charge in [-0.1, -0.05) is 72.4 Å². The Bertz CT molecular complexity index is 1400. The highest BCUT2D eigenvalue weighted by molar-refractivity contribution is 7.98. The zero-order valence-electron chi connectivity index (χ0n) is 16.4. The van der Waals surface area contributed by atoms with E-state index in [1.165, 1.54) is 35.2 Å². The van der Waals surface area contributed by atoms with Crippen molar-refractivity contribution in [2.75, 3.05) is 0 Å². The fraction of sp³-hybridized carbons (Fsp3) is 0.0400. The van der Waals surface area contributed by atoms with Crippen molar-refractivity contribution in [3.63, 3.8) is 0 Å². The smallest absolute Gasteiger partial charge is 0.268 e. The number of hydrogen-bond donors (Lipinski definition) is 0. The van der Waals surface area contributed by atoms with Crippen molar-refractivity contribution >= 4 is 33.3 Å². The largest absolute Gasteiger partial charge is 0.268 e. The zero-order valence-corrected chi connectivity index (χ0v) is 18.0. The molecule has 0 radical (unpaired) electrons. The van der Waals surface area contributed by atoms with E-state index >= 15 is 0 Å². The summed E-state index contributed by atoms with van der Waals surface area (Å²) >= 11 is 2.95. The molecular formula is C25H17FN2OS2. The summed E-state index contributed by atoms with van der Waals surface area (Å²) in [6.45, 7) is 0. The number of para-hydroxylation sites is 1. The van der Waals surface area contributed by atoms with Crippen LogP contribution in [0, 0.1) is 5.82 Å². The molecule has 152 valence electrons. The minimum atomic E-state index is -0.262. The molecule has 2 aromatic heterocycles. The van der Waals surface area contributed by atoms with E-state index in [4.69, 9.17) is 4.98 Å². The molecule has 0 bridgehead atoms. The summed E-state index contributed by atoms with van der Waals surface area (Å²) in [7, 11) is 0. The van der Waals surface area contributed by atoms with Gasteiger partial charge in [-0.15, -0.1) is 11.3 Å². The van der Waals surface area contributed by atoms with E-state index in [-0.39, 0.29) is 11.4 Å². The Hall–Kier alpha value is -3.22. The molecule has 3 nitrogen and oxygen atoms in total. The van der Waals surface area contributed by atoms with Crippen LogP contribution in [0.2, 0.25) is 0 Å². The second-order valence-corrected chi connectivity index (χ2v) is 8.78. The Morgan fingerprint density at radius 2 is 1.58 bits per heavy atom. The molecular weight excluding hydrogens is 427 g/mol. The summed E-state index contributed by atoms with van der Waals surface area (Å²) in [4.78, 5) is 19.3. The summed E-state index contributed by atoms with van der Waals surface area (Å²) in [6.07, 6.45) is 0. The lowest BCUT2D eigenvalue weighted by atomic mass is 10.1. The Balaban J connectivity index is 1.66. The van der Waals surface area contributed by atoms with Crippen LogP contribution >= 0.6 is 23.1 Å². The Morgan fingerprint density at radius 1 is 0.903 bits per heavy atom. The topological polar surface area (TPSA) is 34.9 Å². The van der Waals surface area contributed by atoms with Crippen molar-refractivity contribution in [2.24, 2.45) is 0 Å². The minimum Gasteiger partial charge on any atom is -0.268 e. The van der Waals surface area contributed by atoms with Gasteiger partial charge in [-0.3, -0.25) is 9.36 Å². The van der Waals surface area contributed by atoms with Crippen LogP contribution in [0.5, 0.6) is 0 Å². The van der Waals surface area contributed by atoms with Crippen molar-refractivity contribution in [2.45, 2.75) is 10.9 Å². The lowest BCUT2D eigenvalue weighted by molar-refractivity contribution is 0.627. The molecule has 0 unspecified atom stereocenters. The fourth-order valence-corrected chi connectivity index (χ4v) is 5.39. The van der Waals surface area contributed by atoms with E-state index in [9.17, 15) is 9.18 Å². The van der Waals surface area contributed by atoms with Gasteiger partial charge in [0.05, 0.1) is 11.1 Å². The monoisotopic (exact) mass is 444 g/mol. The molecule has 0 aliphatic rings. The van der Waals surface area contributed by atoms with Crippen molar-refractivity contribution < 1.29 is 4.39 Å².